The molecule has 2 N–H and O–H groups in total. The molecule has 0 saturated heterocycles. The van der Waals surface area contributed by atoms with Crippen molar-refractivity contribution in [1.29, 1.82) is 0 Å². The van der Waals surface area contributed by atoms with Gasteiger partial charge in [0.25, 0.3) is 0 Å². The van der Waals surface area contributed by atoms with E-state index in [0.29, 0.717) is 25.7 Å². The molecule has 2 bridgehead atoms. The van der Waals surface area contributed by atoms with E-state index in [4.69, 9.17) is 9.47 Å². The lowest BCUT2D eigenvalue weighted by Gasteiger charge is -2.26. The normalized spacial score (nSPS) is 21.0. The molecule has 0 radical (unpaired) electrons. The molecular formula is C41H56N2O5. The minimum absolute atomic E-state index is 0.0264. The predicted octanol–water partition coefficient (Wildman–Crippen LogP) is 8.81. The molecule has 0 unspecified atom stereocenters. The van der Waals surface area contributed by atoms with Crippen LogP contribution < -0.4 is 15.4 Å². The van der Waals surface area contributed by atoms with Crippen LogP contribution >= 0.6 is 0 Å². The highest BCUT2D eigenvalue weighted by molar-refractivity contribution is 5.91. The summed E-state index contributed by atoms with van der Waals surface area (Å²) in [5.41, 5.74) is 4.12. The van der Waals surface area contributed by atoms with Gasteiger partial charge in [0.05, 0.1) is 7.11 Å². The number of allylic oxidation sites excluding steroid dienone is 3. The zero-order chi connectivity index (χ0) is 34.0. The molecule has 1 fully saturated rings. The minimum Gasteiger partial charge on any atom is -0.497 e. The van der Waals surface area contributed by atoms with E-state index in [9.17, 15) is 14.4 Å². The number of hydrogen-bond donors (Lipinski definition) is 2. The highest BCUT2D eigenvalue weighted by Crippen LogP contribution is 2.25. The van der Waals surface area contributed by atoms with Crippen LogP contribution in [0.2, 0.25) is 0 Å². The first-order valence-electron chi connectivity index (χ1n) is 18.2. The second kappa shape index (κ2) is 20.5. The fraction of sp³-hybridized carbons (Fsp3) is 0.537. The average Bonchev–Trinajstić information content (AvgIpc) is 3.09. The van der Waals surface area contributed by atoms with Gasteiger partial charge in [-0.2, -0.15) is 0 Å². The van der Waals surface area contributed by atoms with Crippen LogP contribution in [0.15, 0.2) is 72.3 Å². The molecule has 2 aromatic carbocycles. The van der Waals surface area contributed by atoms with Crippen LogP contribution in [0.3, 0.4) is 0 Å². The van der Waals surface area contributed by atoms with Crippen LogP contribution in [0.1, 0.15) is 114 Å². The lowest BCUT2D eigenvalue weighted by Crippen LogP contribution is -2.47. The van der Waals surface area contributed by atoms with Gasteiger partial charge in [0.1, 0.15) is 17.9 Å². The zero-order valence-electron chi connectivity index (χ0n) is 29.1. The van der Waals surface area contributed by atoms with E-state index in [1.54, 1.807) is 7.11 Å². The third-order valence-corrected chi connectivity index (χ3v) is 9.50. The van der Waals surface area contributed by atoms with Crippen molar-refractivity contribution in [3.63, 3.8) is 0 Å². The maximum Gasteiger partial charge on any atom is 0.329 e. The molecule has 0 spiro atoms. The van der Waals surface area contributed by atoms with E-state index in [-0.39, 0.29) is 29.8 Å². The van der Waals surface area contributed by atoms with Gasteiger partial charge in [-0.15, -0.1) is 0 Å². The second-order valence-electron chi connectivity index (χ2n) is 13.6. The summed E-state index contributed by atoms with van der Waals surface area (Å²) in [5, 5.41) is 6.15. The zero-order valence-corrected chi connectivity index (χ0v) is 29.1. The summed E-state index contributed by atoms with van der Waals surface area (Å²) in [6.07, 6.45) is 21.0. The lowest BCUT2D eigenvalue weighted by molar-refractivity contribution is -0.153. The van der Waals surface area contributed by atoms with Crippen LogP contribution in [0.25, 0.3) is 0 Å². The number of methoxy groups -OCH3 is 1. The van der Waals surface area contributed by atoms with Gasteiger partial charge in [-0.05, 0) is 88.0 Å². The van der Waals surface area contributed by atoms with Gasteiger partial charge in [0.15, 0.2) is 0 Å². The molecule has 1 heterocycles. The summed E-state index contributed by atoms with van der Waals surface area (Å²) in [6, 6.07) is 15.1. The van der Waals surface area contributed by atoms with Gasteiger partial charge >= 0.3 is 5.97 Å². The number of benzene rings is 2. The molecular weight excluding hydrogens is 600 g/mol. The average molecular weight is 657 g/mol. The summed E-state index contributed by atoms with van der Waals surface area (Å²) in [6.45, 7) is 2.13. The molecule has 2 atom stereocenters. The number of carbonyl (C=O) groups is 3. The second-order valence-corrected chi connectivity index (χ2v) is 13.6. The number of aryl methyl sites for hydroxylation is 1. The maximum atomic E-state index is 13.8. The summed E-state index contributed by atoms with van der Waals surface area (Å²) in [4.78, 5) is 39.6. The SMILES string of the molecule is COc1cc2cc(c1)NC(=O)CCCCCCC=CC[C@H](OC(=O)[C@@H](Cc1ccccc1)NC(=O)C1CCCCC1)CC/C(C)=C/CC2. The third-order valence-electron chi connectivity index (χ3n) is 9.50. The van der Waals surface area contributed by atoms with Crippen molar-refractivity contribution < 1.29 is 23.9 Å². The Morgan fingerprint density at radius 2 is 1.65 bits per heavy atom. The summed E-state index contributed by atoms with van der Waals surface area (Å²) >= 11 is 0. The number of anilines is 1. The molecule has 1 aliphatic carbocycles. The van der Waals surface area contributed by atoms with Crippen LogP contribution in [0.5, 0.6) is 5.75 Å². The Balaban J connectivity index is 1.44. The molecule has 260 valence electrons. The number of nitrogens with one attached hydrogen (secondary N) is 2. The quantitative estimate of drug-likeness (QED) is 0.230. The minimum atomic E-state index is -0.721. The number of amides is 2. The van der Waals surface area contributed by atoms with E-state index >= 15 is 0 Å². The van der Waals surface area contributed by atoms with Gasteiger partial charge in [-0.1, -0.05) is 86.2 Å². The van der Waals surface area contributed by atoms with Crippen molar-refractivity contribution in [2.75, 3.05) is 12.4 Å². The van der Waals surface area contributed by atoms with Crippen molar-refractivity contribution in [3.05, 3.63) is 83.5 Å². The highest BCUT2D eigenvalue weighted by atomic mass is 16.5. The van der Waals surface area contributed by atoms with Crippen LogP contribution in [-0.2, 0) is 32.0 Å². The Bertz CT molecular complexity index is 1360. The molecule has 4 rings (SSSR count). The Kier molecular flexibility index (Phi) is 15.8. The van der Waals surface area contributed by atoms with Gasteiger partial charge in [-0.25, -0.2) is 4.79 Å². The van der Waals surface area contributed by atoms with Gasteiger partial charge in [0.2, 0.25) is 11.8 Å². The Labute approximate surface area is 287 Å². The van der Waals surface area contributed by atoms with Crippen molar-refractivity contribution in [3.8, 4) is 5.75 Å². The van der Waals surface area contributed by atoms with E-state index in [1.807, 2.05) is 48.5 Å². The molecule has 0 aromatic heterocycles. The largest absolute Gasteiger partial charge is 0.497 e. The third kappa shape index (κ3) is 13.3. The molecule has 1 saturated carbocycles. The first kappa shape index (κ1) is 37.0. The van der Waals surface area contributed by atoms with Crippen LogP contribution in [0, 0.1) is 5.92 Å². The van der Waals surface area contributed by atoms with Gasteiger partial charge < -0.3 is 20.1 Å². The topological polar surface area (TPSA) is 93.7 Å². The molecule has 7 nitrogen and oxygen atoms in total. The van der Waals surface area contributed by atoms with Crippen molar-refractivity contribution in [2.45, 2.75) is 128 Å². The number of esters is 1. The molecule has 2 aliphatic rings. The summed E-state index contributed by atoms with van der Waals surface area (Å²) in [7, 11) is 1.65. The van der Waals surface area contributed by atoms with E-state index < -0.39 is 6.04 Å². The van der Waals surface area contributed by atoms with Crippen LogP contribution in [0.4, 0.5) is 5.69 Å². The number of hydrogen-bond acceptors (Lipinski definition) is 5. The molecule has 2 aromatic rings. The van der Waals surface area contributed by atoms with Crippen molar-refractivity contribution in [1.82, 2.24) is 5.32 Å². The van der Waals surface area contributed by atoms with Crippen LogP contribution in [-0.4, -0.2) is 37.0 Å². The predicted molar refractivity (Wildman–Crippen MR) is 193 cm³/mol. The summed E-state index contributed by atoms with van der Waals surface area (Å²) in [5.74, 6) is 0.359. The number of rotatable bonds is 7. The number of ether oxygens (including phenoxy) is 2. The lowest BCUT2D eigenvalue weighted by atomic mass is 9.88. The summed E-state index contributed by atoms with van der Waals surface area (Å²) < 4.78 is 11.7. The fourth-order valence-electron chi connectivity index (χ4n) is 6.63. The Morgan fingerprint density at radius 3 is 2.44 bits per heavy atom. The monoisotopic (exact) mass is 656 g/mol. The Morgan fingerprint density at radius 1 is 0.875 bits per heavy atom. The van der Waals surface area contributed by atoms with Crippen molar-refractivity contribution in [2.24, 2.45) is 5.92 Å². The van der Waals surface area contributed by atoms with E-state index in [2.05, 4.69) is 35.8 Å². The van der Waals surface area contributed by atoms with Crippen molar-refractivity contribution >= 4 is 23.5 Å². The maximum absolute atomic E-state index is 13.8. The fourth-order valence-corrected chi connectivity index (χ4v) is 6.63. The highest BCUT2D eigenvalue weighted by Gasteiger charge is 2.29. The molecule has 7 heteroatoms. The molecule has 2 amide bonds. The number of fused-ring (bicyclic) bond motifs is 2. The molecule has 48 heavy (non-hydrogen) atoms. The first-order chi connectivity index (χ1) is 23.4. The van der Waals surface area contributed by atoms with Gasteiger partial charge in [0, 0.05) is 36.9 Å². The van der Waals surface area contributed by atoms with E-state index in [1.165, 1.54) is 12.0 Å². The standard InChI is InChI=1S/C41H56N2O5/c1-31-17-16-20-33-27-35(30-37(28-33)47-2)42-39(44)24-15-7-5-3-4-6-14-23-36(26-25-31)48-41(46)38(29-32-18-10-8-11-19-32)43-40(45)34-21-12-9-13-22-34/h6,8,10-11,14,17-19,27-28,30,34,36,38H,3-5,7,9,12-13,15-16,20-26,29H2,1-2H3,(H,42,44)(H,43,45)/b14-6?,31-17+/t36-,38+/m0/s1. The van der Waals surface area contributed by atoms with E-state index in [0.717, 1.165) is 99.6 Å². The first-order valence-corrected chi connectivity index (χ1v) is 18.2. The Hall–Kier alpha value is -3.87. The smallest absolute Gasteiger partial charge is 0.329 e. The van der Waals surface area contributed by atoms with Gasteiger partial charge in [-0.3, -0.25) is 9.59 Å². The number of carbonyl (C=O) groups excluding carboxylic acids is 3. The molecule has 1 aliphatic heterocycles.